The van der Waals surface area contributed by atoms with Gasteiger partial charge < -0.3 is 0 Å². The first-order chi connectivity index (χ1) is 9.29. The molecule has 0 amide bonds. The fraction of sp³-hybridized carbons (Fsp3) is 1.00. The van der Waals surface area contributed by atoms with E-state index in [9.17, 15) is 0 Å². The van der Waals surface area contributed by atoms with Gasteiger partial charge in [-0.3, -0.25) is 0 Å². The average Bonchev–Trinajstić information content (AvgIpc) is 2.43. The summed E-state index contributed by atoms with van der Waals surface area (Å²) >= 11 is 0. The van der Waals surface area contributed by atoms with Crippen LogP contribution in [-0.2, 0) is 0 Å². The molecular formula is C18H39P. The molecule has 0 aromatic carbocycles. The fourth-order valence-electron chi connectivity index (χ4n) is 2.85. The van der Waals surface area contributed by atoms with E-state index in [-0.39, 0.29) is 0 Å². The van der Waals surface area contributed by atoms with E-state index in [4.69, 9.17) is 0 Å². The largest absolute Gasteiger partial charge is 0.104 e. The van der Waals surface area contributed by atoms with Gasteiger partial charge in [-0.15, -0.1) is 7.92 Å². The van der Waals surface area contributed by atoms with Crippen molar-refractivity contribution in [3.63, 3.8) is 0 Å². The molecule has 0 fully saturated rings. The van der Waals surface area contributed by atoms with E-state index in [0.29, 0.717) is 7.92 Å². The summed E-state index contributed by atoms with van der Waals surface area (Å²) in [6, 6.07) is 0. The quantitative estimate of drug-likeness (QED) is 0.234. The van der Waals surface area contributed by atoms with Gasteiger partial charge in [-0.05, 0) is 43.7 Å². The number of unbranched alkanes of at least 4 members (excludes halogenated alkanes) is 5. The van der Waals surface area contributed by atoms with Gasteiger partial charge in [0, 0.05) is 0 Å². The number of hydrogen-bond acceptors (Lipinski definition) is 0. The Hall–Kier alpha value is 0.430. The highest BCUT2D eigenvalue weighted by molar-refractivity contribution is 7.58. The molecule has 0 aromatic rings. The number of hydrogen-bond donors (Lipinski definition) is 0. The van der Waals surface area contributed by atoms with Crippen molar-refractivity contribution in [2.24, 2.45) is 0 Å². The lowest BCUT2D eigenvalue weighted by atomic mass is 10.1. The predicted octanol–water partition coefficient (Wildman–Crippen LogP) is 7.21. The first-order valence-electron chi connectivity index (χ1n) is 9.04. The van der Waals surface area contributed by atoms with Crippen LogP contribution in [0.15, 0.2) is 0 Å². The Balaban J connectivity index is 4.19. The lowest BCUT2D eigenvalue weighted by Gasteiger charge is -2.28. The SMILES string of the molecule is CCCCCCC(CCC)P(CCCC)CCCC. The standard InChI is InChI=1S/C18H39P/c1-5-9-12-13-15-18(14-8-4)19(16-10-6-2)17-11-7-3/h18H,5-17H2,1-4H3. The molecule has 0 saturated carbocycles. The van der Waals surface area contributed by atoms with Crippen LogP contribution in [0.1, 0.15) is 98.3 Å². The third kappa shape index (κ3) is 10.8. The minimum absolute atomic E-state index is 0.337. The average molecular weight is 286 g/mol. The second-order valence-corrected chi connectivity index (χ2v) is 8.84. The van der Waals surface area contributed by atoms with Crippen LogP contribution in [0.4, 0.5) is 0 Å². The van der Waals surface area contributed by atoms with Crippen molar-refractivity contribution in [3.05, 3.63) is 0 Å². The highest BCUT2D eigenvalue weighted by Gasteiger charge is 2.18. The van der Waals surface area contributed by atoms with E-state index in [1.54, 1.807) is 12.3 Å². The zero-order valence-corrected chi connectivity index (χ0v) is 15.1. The van der Waals surface area contributed by atoms with Crippen LogP contribution in [0.25, 0.3) is 0 Å². The zero-order chi connectivity index (χ0) is 14.3. The summed E-state index contributed by atoms with van der Waals surface area (Å²) < 4.78 is 0. The van der Waals surface area contributed by atoms with Crippen LogP contribution >= 0.6 is 7.92 Å². The van der Waals surface area contributed by atoms with Crippen LogP contribution in [-0.4, -0.2) is 18.0 Å². The van der Waals surface area contributed by atoms with Gasteiger partial charge in [0.05, 0.1) is 0 Å². The Morgan fingerprint density at radius 2 is 1.16 bits per heavy atom. The molecule has 0 aliphatic heterocycles. The van der Waals surface area contributed by atoms with Gasteiger partial charge in [0.15, 0.2) is 0 Å². The topological polar surface area (TPSA) is 0 Å². The number of rotatable bonds is 14. The molecule has 19 heavy (non-hydrogen) atoms. The van der Waals surface area contributed by atoms with Crippen molar-refractivity contribution >= 4 is 7.92 Å². The Labute approximate surface area is 124 Å². The van der Waals surface area contributed by atoms with Crippen LogP contribution in [0.2, 0.25) is 0 Å². The summed E-state index contributed by atoms with van der Waals surface area (Å²) in [5.74, 6) is 0. The molecule has 116 valence electrons. The molecule has 1 atom stereocenters. The van der Waals surface area contributed by atoms with E-state index in [2.05, 4.69) is 27.7 Å². The summed E-state index contributed by atoms with van der Waals surface area (Å²) in [4.78, 5) is 0. The maximum atomic E-state index is 2.38. The highest BCUT2D eigenvalue weighted by Crippen LogP contribution is 2.47. The summed E-state index contributed by atoms with van der Waals surface area (Å²) in [5, 5.41) is 0. The van der Waals surface area contributed by atoms with E-state index in [1.807, 2.05) is 0 Å². The lowest BCUT2D eigenvalue weighted by Crippen LogP contribution is -2.10. The highest BCUT2D eigenvalue weighted by atomic mass is 31.1. The van der Waals surface area contributed by atoms with Crippen LogP contribution < -0.4 is 0 Å². The first kappa shape index (κ1) is 19.4. The van der Waals surface area contributed by atoms with E-state index >= 15 is 0 Å². The molecule has 0 N–H and O–H groups in total. The Morgan fingerprint density at radius 3 is 1.63 bits per heavy atom. The van der Waals surface area contributed by atoms with Gasteiger partial charge in [-0.25, -0.2) is 0 Å². The third-order valence-electron chi connectivity index (χ3n) is 4.13. The van der Waals surface area contributed by atoms with Gasteiger partial charge >= 0.3 is 0 Å². The van der Waals surface area contributed by atoms with Crippen LogP contribution in [0.5, 0.6) is 0 Å². The van der Waals surface area contributed by atoms with Gasteiger partial charge in [-0.1, -0.05) is 72.6 Å². The van der Waals surface area contributed by atoms with Crippen molar-refractivity contribution in [2.45, 2.75) is 104 Å². The minimum atomic E-state index is 0.337. The fourth-order valence-corrected chi connectivity index (χ4v) is 6.42. The Kier molecular flexibility index (Phi) is 15.2. The van der Waals surface area contributed by atoms with Crippen molar-refractivity contribution in [2.75, 3.05) is 12.3 Å². The van der Waals surface area contributed by atoms with E-state index in [0.717, 1.165) is 5.66 Å². The second kappa shape index (κ2) is 14.8. The van der Waals surface area contributed by atoms with Crippen molar-refractivity contribution < 1.29 is 0 Å². The Morgan fingerprint density at radius 1 is 0.579 bits per heavy atom. The van der Waals surface area contributed by atoms with Gasteiger partial charge in [0.2, 0.25) is 0 Å². The Bertz CT molecular complexity index is 159. The van der Waals surface area contributed by atoms with Crippen molar-refractivity contribution in [1.29, 1.82) is 0 Å². The normalized spacial score (nSPS) is 13.1. The molecule has 0 aliphatic rings. The summed E-state index contributed by atoms with van der Waals surface area (Å²) in [6.07, 6.45) is 19.1. The third-order valence-corrected chi connectivity index (χ3v) is 7.46. The molecule has 1 heteroatoms. The van der Waals surface area contributed by atoms with E-state index in [1.165, 1.54) is 70.6 Å². The predicted molar refractivity (Wildman–Crippen MR) is 93.9 cm³/mol. The molecule has 0 heterocycles. The van der Waals surface area contributed by atoms with Gasteiger partial charge in [0.25, 0.3) is 0 Å². The van der Waals surface area contributed by atoms with Crippen LogP contribution in [0.3, 0.4) is 0 Å². The molecule has 0 radical (unpaired) electrons. The van der Waals surface area contributed by atoms with Gasteiger partial charge in [0.1, 0.15) is 0 Å². The van der Waals surface area contributed by atoms with Crippen molar-refractivity contribution in [3.8, 4) is 0 Å². The maximum absolute atomic E-state index is 2.38. The summed E-state index contributed by atoms with van der Waals surface area (Å²) in [5.41, 5.74) is 1.09. The van der Waals surface area contributed by atoms with Crippen molar-refractivity contribution in [1.82, 2.24) is 0 Å². The zero-order valence-electron chi connectivity index (χ0n) is 14.2. The second-order valence-electron chi connectivity index (χ2n) is 6.03. The molecule has 0 aliphatic carbocycles. The molecule has 0 nitrogen and oxygen atoms in total. The first-order valence-corrected chi connectivity index (χ1v) is 10.8. The summed E-state index contributed by atoms with van der Waals surface area (Å²) in [6.45, 7) is 9.40. The molecule has 0 spiro atoms. The van der Waals surface area contributed by atoms with Gasteiger partial charge in [-0.2, -0.15) is 0 Å². The maximum Gasteiger partial charge on any atom is -0.0209 e. The molecule has 0 bridgehead atoms. The molecule has 0 rings (SSSR count). The molecule has 0 saturated heterocycles. The van der Waals surface area contributed by atoms with Crippen LogP contribution in [0, 0.1) is 0 Å². The van der Waals surface area contributed by atoms with E-state index < -0.39 is 0 Å². The summed E-state index contributed by atoms with van der Waals surface area (Å²) in [7, 11) is 0.337. The molecule has 0 aromatic heterocycles. The monoisotopic (exact) mass is 286 g/mol. The smallest absolute Gasteiger partial charge is 0.0209 e. The lowest BCUT2D eigenvalue weighted by molar-refractivity contribution is 0.588. The molecule has 1 unspecified atom stereocenters. The molecular weight excluding hydrogens is 247 g/mol. The minimum Gasteiger partial charge on any atom is -0.104 e.